The van der Waals surface area contributed by atoms with E-state index in [1.165, 1.54) is 0 Å². The van der Waals surface area contributed by atoms with Crippen LogP contribution in [0.15, 0.2) is 16.7 Å². The Balaban J connectivity index is 2.24. The second-order valence-corrected chi connectivity index (χ2v) is 5.24. The van der Waals surface area contributed by atoms with Crippen molar-refractivity contribution >= 4 is 27.7 Å². The SMILES string of the molecule is Cc1cnc(N2CC[C@](O)(C(N)=O)C2)c(Br)c1. The third-order valence-corrected chi connectivity index (χ3v) is 3.55. The molecular weight excluding hydrogens is 286 g/mol. The number of carbonyl (C=O) groups is 1. The molecule has 5 nitrogen and oxygen atoms in total. The summed E-state index contributed by atoms with van der Waals surface area (Å²) < 4.78 is 0.853. The van der Waals surface area contributed by atoms with E-state index in [0.29, 0.717) is 13.0 Å². The molecule has 1 fully saturated rings. The van der Waals surface area contributed by atoms with Gasteiger partial charge in [0.05, 0.1) is 11.0 Å². The molecule has 1 aromatic rings. The van der Waals surface area contributed by atoms with Crippen LogP contribution >= 0.6 is 15.9 Å². The molecule has 17 heavy (non-hydrogen) atoms. The molecule has 6 heteroatoms. The van der Waals surface area contributed by atoms with Crippen LogP contribution in [0.5, 0.6) is 0 Å². The summed E-state index contributed by atoms with van der Waals surface area (Å²) >= 11 is 3.43. The van der Waals surface area contributed by atoms with E-state index in [9.17, 15) is 9.90 Å². The van der Waals surface area contributed by atoms with Crippen molar-refractivity contribution in [3.8, 4) is 0 Å². The lowest BCUT2D eigenvalue weighted by molar-refractivity contribution is -0.134. The number of nitrogens with two attached hydrogens (primary N) is 1. The van der Waals surface area contributed by atoms with E-state index in [1.807, 2.05) is 17.9 Å². The second kappa shape index (κ2) is 4.27. The molecule has 0 radical (unpaired) electrons. The van der Waals surface area contributed by atoms with Crippen molar-refractivity contribution in [1.82, 2.24) is 4.98 Å². The van der Waals surface area contributed by atoms with Crippen molar-refractivity contribution in [3.05, 3.63) is 22.3 Å². The third-order valence-electron chi connectivity index (χ3n) is 2.96. The Morgan fingerprint density at radius 3 is 2.94 bits per heavy atom. The van der Waals surface area contributed by atoms with Crippen molar-refractivity contribution < 1.29 is 9.90 Å². The fourth-order valence-corrected chi connectivity index (χ4v) is 2.65. The van der Waals surface area contributed by atoms with Crippen molar-refractivity contribution in [1.29, 1.82) is 0 Å². The van der Waals surface area contributed by atoms with Gasteiger partial charge in [-0.1, -0.05) is 0 Å². The molecular formula is C11H14BrN3O2. The van der Waals surface area contributed by atoms with Crippen molar-refractivity contribution in [2.75, 3.05) is 18.0 Å². The first-order valence-corrected chi connectivity index (χ1v) is 6.11. The van der Waals surface area contributed by atoms with Crippen LogP contribution in [0, 0.1) is 6.92 Å². The van der Waals surface area contributed by atoms with Gasteiger partial charge in [0.25, 0.3) is 5.91 Å². The van der Waals surface area contributed by atoms with E-state index in [0.717, 1.165) is 15.9 Å². The van der Waals surface area contributed by atoms with E-state index in [-0.39, 0.29) is 6.54 Å². The number of aryl methyl sites for hydroxylation is 1. The average Bonchev–Trinajstić information content (AvgIpc) is 2.62. The Morgan fingerprint density at radius 1 is 1.71 bits per heavy atom. The first kappa shape index (κ1) is 12.3. The number of anilines is 1. The highest BCUT2D eigenvalue weighted by Gasteiger charge is 2.42. The van der Waals surface area contributed by atoms with Gasteiger partial charge in [0.1, 0.15) is 5.82 Å². The molecule has 2 heterocycles. The molecule has 0 bridgehead atoms. The normalized spacial score (nSPS) is 24.1. The number of hydrogen-bond donors (Lipinski definition) is 2. The summed E-state index contributed by atoms with van der Waals surface area (Å²) in [5.41, 5.74) is 4.79. The van der Waals surface area contributed by atoms with Crippen molar-refractivity contribution in [2.45, 2.75) is 18.9 Å². The maximum Gasteiger partial charge on any atom is 0.251 e. The van der Waals surface area contributed by atoms with Gasteiger partial charge in [0.2, 0.25) is 0 Å². The summed E-state index contributed by atoms with van der Waals surface area (Å²) in [5.74, 6) is 0.0519. The molecule has 1 aliphatic rings. The van der Waals surface area contributed by atoms with Crippen LogP contribution in [0.2, 0.25) is 0 Å². The molecule has 3 N–H and O–H groups in total. The van der Waals surface area contributed by atoms with Crippen LogP contribution in [0.1, 0.15) is 12.0 Å². The Kier molecular flexibility index (Phi) is 3.09. The molecule has 1 atom stereocenters. The molecule has 2 rings (SSSR count). The number of nitrogens with zero attached hydrogens (tertiary/aromatic N) is 2. The minimum absolute atomic E-state index is 0.191. The molecule has 1 aliphatic heterocycles. The van der Waals surface area contributed by atoms with Gasteiger partial charge < -0.3 is 15.7 Å². The predicted molar refractivity (Wildman–Crippen MR) is 67.6 cm³/mol. The number of aromatic nitrogens is 1. The van der Waals surface area contributed by atoms with Crippen LogP contribution in [-0.2, 0) is 4.79 Å². The fraction of sp³-hybridized carbons (Fsp3) is 0.455. The number of aliphatic hydroxyl groups is 1. The van der Waals surface area contributed by atoms with E-state index in [1.54, 1.807) is 6.20 Å². The lowest BCUT2D eigenvalue weighted by Crippen LogP contribution is -2.46. The van der Waals surface area contributed by atoms with Gasteiger partial charge in [-0.2, -0.15) is 0 Å². The molecule has 0 saturated carbocycles. The van der Waals surface area contributed by atoms with Gasteiger partial charge in [-0.15, -0.1) is 0 Å². The maximum absolute atomic E-state index is 11.2. The third kappa shape index (κ3) is 2.28. The lowest BCUT2D eigenvalue weighted by atomic mass is 10.0. The minimum atomic E-state index is -1.44. The van der Waals surface area contributed by atoms with Crippen LogP contribution < -0.4 is 10.6 Å². The largest absolute Gasteiger partial charge is 0.378 e. The molecule has 0 unspecified atom stereocenters. The molecule has 1 amide bonds. The topological polar surface area (TPSA) is 79.4 Å². The molecule has 1 saturated heterocycles. The second-order valence-electron chi connectivity index (χ2n) is 4.39. The first-order chi connectivity index (χ1) is 7.92. The Bertz CT molecular complexity index is 466. The summed E-state index contributed by atoms with van der Waals surface area (Å²) in [7, 11) is 0. The fourth-order valence-electron chi connectivity index (χ4n) is 1.93. The number of halogens is 1. The smallest absolute Gasteiger partial charge is 0.251 e. The average molecular weight is 300 g/mol. The van der Waals surface area contributed by atoms with Gasteiger partial charge >= 0.3 is 0 Å². The van der Waals surface area contributed by atoms with E-state index < -0.39 is 11.5 Å². The molecule has 92 valence electrons. The maximum atomic E-state index is 11.2. The number of primary amides is 1. The number of hydrogen-bond acceptors (Lipinski definition) is 4. The molecule has 0 spiro atoms. The highest BCUT2D eigenvalue weighted by Crippen LogP contribution is 2.30. The lowest BCUT2D eigenvalue weighted by Gasteiger charge is -2.21. The zero-order chi connectivity index (χ0) is 12.6. The van der Waals surface area contributed by atoms with Gasteiger partial charge in [-0.3, -0.25) is 4.79 Å². The Labute approximate surface area is 108 Å². The number of carbonyl (C=O) groups excluding carboxylic acids is 1. The zero-order valence-electron chi connectivity index (χ0n) is 9.48. The van der Waals surface area contributed by atoms with Crippen LogP contribution in [-0.4, -0.2) is 34.7 Å². The summed E-state index contributed by atoms with van der Waals surface area (Å²) in [6.07, 6.45) is 2.09. The van der Waals surface area contributed by atoms with E-state index in [4.69, 9.17) is 5.73 Å². The predicted octanol–water partition coefficient (Wildman–Crippen LogP) is 0.579. The summed E-state index contributed by atoms with van der Waals surface area (Å²) in [4.78, 5) is 17.3. The quantitative estimate of drug-likeness (QED) is 0.837. The standard InChI is InChI=1S/C11H14BrN3O2/c1-7-4-8(12)9(14-5-7)15-3-2-11(17,6-15)10(13)16/h4-5,17H,2-3,6H2,1H3,(H2,13,16)/t11-/m1/s1. The summed E-state index contributed by atoms with van der Waals surface area (Å²) in [6, 6.07) is 1.95. The van der Waals surface area contributed by atoms with Crippen LogP contribution in [0.25, 0.3) is 0 Å². The number of amides is 1. The van der Waals surface area contributed by atoms with Gasteiger partial charge in [-0.05, 0) is 34.5 Å². The highest BCUT2D eigenvalue weighted by atomic mass is 79.9. The van der Waals surface area contributed by atoms with E-state index >= 15 is 0 Å². The summed E-state index contributed by atoms with van der Waals surface area (Å²) in [6.45, 7) is 2.70. The minimum Gasteiger partial charge on any atom is -0.378 e. The molecule has 1 aromatic heterocycles. The number of β-amino-alcohol motifs (C(OH)–C–C–N with tert-alkyl or cyclic N) is 1. The zero-order valence-corrected chi connectivity index (χ0v) is 11.1. The molecule has 0 aliphatic carbocycles. The number of pyridine rings is 1. The monoisotopic (exact) mass is 299 g/mol. The van der Waals surface area contributed by atoms with Crippen molar-refractivity contribution in [2.24, 2.45) is 5.73 Å². The Hall–Kier alpha value is -1.14. The van der Waals surface area contributed by atoms with Crippen LogP contribution in [0.4, 0.5) is 5.82 Å². The van der Waals surface area contributed by atoms with Gasteiger partial charge in [0.15, 0.2) is 5.60 Å². The summed E-state index contributed by atoms with van der Waals surface area (Å²) in [5, 5.41) is 9.99. The first-order valence-electron chi connectivity index (χ1n) is 5.32. The van der Waals surface area contributed by atoms with Crippen LogP contribution in [0.3, 0.4) is 0 Å². The van der Waals surface area contributed by atoms with Crippen molar-refractivity contribution in [3.63, 3.8) is 0 Å². The highest BCUT2D eigenvalue weighted by molar-refractivity contribution is 9.10. The molecule has 0 aromatic carbocycles. The van der Waals surface area contributed by atoms with E-state index in [2.05, 4.69) is 20.9 Å². The van der Waals surface area contributed by atoms with Gasteiger partial charge in [-0.25, -0.2) is 4.98 Å². The number of rotatable bonds is 2. The Morgan fingerprint density at radius 2 is 2.41 bits per heavy atom. The van der Waals surface area contributed by atoms with Gasteiger partial charge in [0, 0.05) is 19.2 Å².